The molecule has 0 saturated carbocycles. The molecule has 11 heteroatoms. The van der Waals surface area contributed by atoms with E-state index in [1.165, 1.54) is 10.7 Å². The van der Waals surface area contributed by atoms with Crippen molar-refractivity contribution in [2.45, 2.75) is 33.6 Å². The van der Waals surface area contributed by atoms with E-state index in [1.807, 2.05) is 63.2 Å². The molecule has 5 rings (SSSR count). The zero-order valence-electron chi connectivity index (χ0n) is 21.2. The van der Waals surface area contributed by atoms with E-state index in [1.54, 1.807) is 13.0 Å². The Kier molecular flexibility index (Phi) is 6.64. The predicted molar refractivity (Wildman–Crippen MR) is 145 cm³/mol. The lowest BCUT2D eigenvalue weighted by Crippen LogP contribution is -2.14. The van der Waals surface area contributed by atoms with E-state index in [-0.39, 0.29) is 28.6 Å². The van der Waals surface area contributed by atoms with Crippen LogP contribution >= 0.6 is 11.6 Å². The Balaban J connectivity index is 1.46. The number of phenols is 1. The van der Waals surface area contributed by atoms with Gasteiger partial charge in [0, 0.05) is 16.5 Å². The number of H-pyrrole nitrogens is 2. The summed E-state index contributed by atoms with van der Waals surface area (Å²) in [6, 6.07) is 16.5. The zero-order chi connectivity index (χ0) is 27.0. The Morgan fingerprint density at radius 1 is 1.00 bits per heavy atom. The van der Waals surface area contributed by atoms with Gasteiger partial charge in [-0.3, -0.25) is 9.89 Å². The van der Waals surface area contributed by atoms with Gasteiger partial charge in [0.1, 0.15) is 5.69 Å². The first-order valence-corrected chi connectivity index (χ1v) is 12.3. The molecule has 0 spiro atoms. The summed E-state index contributed by atoms with van der Waals surface area (Å²) in [5, 5.41) is 37.0. The first kappa shape index (κ1) is 25.1. The van der Waals surface area contributed by atoms with E-state index in [2.05, 4.69) is 36.0 Å². The number of benzene rings is 3. The molecular formula is C27H25ClN8O2. The zero-order valence-corrected chi connectivity index (χ0v) is 21.9. The summed E-state index contributed by atoms with van der Waals surface area (Å²) < 4.78 is 1.43. The lowest BCUT2D eigenvalue weighted by molar-refractivity contribution is 0.478. The molecule has 0 bridgehead atoms. The van der Waals surface area contributed by atoms with Crippen molar-refractivity contribution in [3.63, 3.8) is 0 Å². The molecule has 0 aliphatic carbocycles. The molecule has 2 aromatic heterocycles. The highest BCUT2D eigenvalue weighted by Gasteiger charge is 2.17. The van der Waals surface area contributed by atoms with Crippen molar-refractivity contribution < 1.29 is 5.11 Å². The topological polar surface area (TPSA) is 137 Å². The Labute approximate surface area is 223 Å². The van der Waals surface area contributed by atoms with Crippen LogP contribution in [0.15, 0.2) is 69.6 Å². The SMILES string of the molecule is Cc1ccc(-n2[nH]c(C)c(N=Nc3cc(Cl)cc(-c4ccc(C(C)c5nn[nH]n5)cc4)c3O)c2=O)cc1C. The molecule has 0 aliphatic rings. The van der Waals surface area contributed by atoms with Gasteiger partial charge in [0.05, 0.1) is 11.4 Å². The highest BCUT2D eigenvalue weighted by Crippen LogP contribution is 2.41. The van der Waals surface area contributed by atoms with Gasteiger partial charge in [0.25, 0.3) is 5.56 Å². The van der Waals surface area contributed by atoms with Gasteiger partial charge in [0.2, 0.25) is 0 Å². The second-order valence-electron chi connectivity index (χ2n) is 9.13. The van der Waals surface area contributed by atoms with Crippen molar-refractivity contribution >= 4 is 23.0 Å². The number of aromatic hydroxyl groups is 1. The number of aryl methyl sites for hydroxylation is 3. The second kappa shape index (κ2) is 10.1. The number of rotatable bonds is 6. The fourth-order valence-electron chi connectivity index (χ4n) is 4.14. The van der Waals surface area contributed by atoms with Crippen LogP contribution in [-0.2, 0) is 0 Å². The number of tetrazole rings is 1. The fraction of sp³-hybridized carbons (Fsp3) is 0.185. The molecule has 2 heterocycles. The van der Waals surface area contributed by atoms with Crippen LogP contribution in [-0.4, -0.2) is 35.5 Å². The molecule has 0 radical (unpaired) electrons. The molecule has 0 fully saturated rings. The molecule has 1 atom stereocenters. The number of aromatic amines is 2. The third kappa shape index (κ3) is 4.73. The molecule has 1 unspecified atom stereocenters. The standard InChI is InChI=1S/C27H25ClN8O2/c1-14-5-10-21(11-15(14)2)36-27(38)24(17(4)33-36)30-29-23-13-20(28)12-22(25(23)37)19-8-6-18(7-9-19)16(3)26-31-34-35-32-26/h5-13,16,33,37H,1-4H3,(H,31,32,34,35). The first-order valence-electron chi connectivity index (χ1n) is 11.9. The summed E-state index contributed by atoms with van der Waals surface area (Å²) in [4.78, 5) is 13.1. The molecule has 10 nitrogen and oxygen atoms in total. The van der Waals surface area contributed by atoms with Crippen molar-refractivity contribution in [3.8, 4) is 22.6 Å². The number of nitrogens with zero attached hydrogens (tertiary/aromatic N) is 6. The Bertz CT molecular complexity index is 1700. The number of nitrogens with one attached hydrogen (secondary N) is 2. The van der Waals surface area contributed by atoms with Crippen molar-refractivity contribution in [1.29, 1.82) is 0 Å². The van der Waals surface area contributed by atoms with E-state index in [4.69, 9.17) is 11.6 Å². The van der Waals surface area contributed by atoms with Gasteiger partial charge >= 0.3 is 0 Å². The van der Waals surface area contributed by atoms with Crippen LogP contribution < -0.4 is 5.56 Å². The molecule has 0 aliphatic heterocycles. The molecule has 38 heavy (non-hydrogen) atoms. The fourth-order valence-corrected chi connectivity index (χ4v) is 4.35. The third-order valence-corrected chi connectivity index (χ3v) is 6.79. The van der Waals surface area contributed by atoms with Crippen molar-refractivity contribution in [2.24, 2.45) is 10.2 Å². The van der Waals surface area contributed by atoms with E-state index < -0.39 is 0 Å². The van der Waals surface area contributed by atoms with E-state index in [0.717, 1.165) is 22.3 Å². The predicted octanol–water partition coefficient (Wildman–Crippen LogP) is 6.20. The number of azo groups is 1. The minimum absolute atomic E-state index is 0.0578. The average molecular weight is 529 g/mol. The molecule has 3 aromatic carbocycles. The van der Waals surface area contributed by atoms with Crippen LogP contribution in [0, 0.1) is 20.8 Å². The summed E-state index contributed by atoms with van der Waals surface area (Å²) in [6.45, 7) is 7.72. The molecule has 0 amide bonds. The summed E-state index contributed by atoms with van der Waals surface area (Å²) in [5.74, 6) is 0.431. The molecular weight excluding hydrogens is 504 g/mol. The Morgan fingerprint density at radius 2 is 1.76 bits per heavy atom. The first-order chi connectivity index (χ1) is 18.2. The van der Waals surface area contributed by atoms with Crippen molar-refractivity contribution in [3.05, 3.63) is 98.2 Å². The molecule has 192 valence electrons. The largest absolute Gasteiger partial charge is 0.505 e. The maximum Gasteiger partial charge on any atom is 0.299 e. The number of aromatic nitrogens is 6. The normalized spacial score (nSPS) is 12.3. The van der Waals surface area contributed by atoms with Crippen LogP contribution in [0.1, 0.15) is 41.1 Å². The maximum absolute atomic E-state index is 13.1. The van der Waals surface area contributed by atoms with Gasteiger partial charge < -0.3 is 5.11 Å². The van der Waals surface area contributed by atoms with E-state index in [9.17, 15) is 9.90 Å². The van der Waals surface area contributed by atoms with Crippen LogP contribution in [0.25, 0.3) is 16.8 Å². The summed E-state index contributed by atoms with van der Waals surface area (Å²) in [7, 11) is 0. The Morgan fingerprint density at radius 3 is 2.45 bits per heavy atom. The van der Waals surface area contributed by atoms with Crippen LogP contribution in [0.4, 0.5) is 11.4 Å². The average Bonchev–Trinajstić information content (AvgIpc) is 3.54. The monoisotopic (exact) mass is 528 g/mol. The Hall–Kier alpha value is -4.57. The minimum atomic E-state index is -0.345. The van der Waals surface area contributed by atoms with Gasteiger partial charge in [-0.05, 0) is 67.3 Å². The molecule has 3 N–H and O–H groups in total. The lowest BCUT2D eigenvalue weighted by atomic mass is 9.96. The number of hydrogen-bond acceptors (Lipinski definition) is 7. The van der Waals surface area contributed by atoms with Gasteiger partial charge in [-0.25, -0.2) is 4.68 Å². The number of hydrogen-bond donors (Lipinski definition) is 3. The van der Waals surface area contributed by atoms with Crippen LogP contribution in [0.3, 0.4) is 0 Å². The van der Waals surface area contributed by atoms with E-state index in [0.29, 0.717) is 27.8 Å². The quantitative estimate of drug-likeness (QED) is 0.225. The van der Waals surface area contributed by atoms with Gasteiger partial charge in [-0.2, -0.15) is 5.21 Å². The summed E-state index contributed by atoms with van der Waals surface area (Å²) in [5.41, 5.74) is 5.61. The smallest absolute Gasteiger partial charge is 0.299 e. The van der Waals surface area contributed by atoms with Gasteiger partial charge in [0.15, 0.2) is 17.3 Å². The van der Waals surface area contributed by atoms with Crippen LogP contribution in [0.5, 0.6) is 5.75 Å². The molecule has 5 aromatic rings. The highest BCUT2D eigenvalue weighted by molar-refractivity contribution is 6.31. The summed E-state index contributed by atoms with van der Waals surface area (Å²) in [6.07, 6.45) is 0. The third-order valence-electron chi connectivity index (χ3n) is 6.57. The van der Waals surface area contributed by atoms with E-state index >= 15 is 0 Å². The van der Waals surface area contributed by atoms with Crippen molar-refractivity contribution in [2.75, 3.05) is 0 Å². The lowest BCUT2D eigenvalue weighted by Gasteiger charge is -2.11. The van der Waals surface area contributed by atoms with Gasteiger partial charge in [-0.15, -0.1) is 20.4 Å². The number of phenolic OH excluding ortho intramolecular Hbond substituents is 1. The highest BCUT2D eigenvalue weighted by atomic mass is 35.5. The second-order valence-corrected chi connectivity index (χ2v) is 9.57. The van der Waals surface area contributed by atoms with Crippen LogP contribution in [0.2, 0.25) is 5.02 Å². The molecule has 0 saturated heterocycles. The number of halogens is 1. The minimum Gasteiger partial charge on any atom is -0.505 e. The summed E-state index contributed by atoms with van der Waals surface area (Å²) >= 11 is 6.37. The van der Waals surface area contributed by atoms with Crippen molar-refractivity contribution in [1.82, 2.24) is 30.4 Å². The van der Waals surface area contributed by atoms with Gasteiger partial charge in [-0.1, -0.05) is 54.1 Å². The maximum atomic E-state index is 13.1.